The molecular weight excluding hydrogens is 330 g/mol. The Morgan fingerprint density at radius 2 is 2.08 bits per heavy atom. The van der Waals surface area contributed by atoms with Gasteiger partial charge >= 0.3 is 0 Å². The van der Waals surface area contributed by atoms with E-state index >= 15 is 0 Å². The number of hydrogen-bond donors (Lipinski definition) is 2. The van der Waals surface area contributed by atoms with Crippen LogP contribution in [0.1, 0.15) is 10.5 Å². The number of carbonyl (C=O) groups is 1. The number of rotatable bonds is 2. The third-order valence-corrected chi connectivity index (χ3v) is 4.05. The molecule has 0 spiro atoms. The summed E-state index contributed by atoms with van der Waals surface area (Å²) in [6.07, 6.45) is 1.61. The number of amides is 1. The summed E-state index contributed by atoms with van der Waals surface area (Å²) in [6, 6.07) is 8.05. The molecule has 24 heavy (non-hydrogen) atoms. The average molecular weight is 342 g/mol. The highest BCUT2D eigenvalue weighted by atomic mass is 35.5. The van der Waals surface area contributed by atoms with Crippen molar-refractivity contribution < 1.29 is 9.90 Å². The van der Waals surface area contributed by atoms with Crippen LogP contribution in [-0.4, -0.2) is 37.3 Å². The van der Waals surface area contributed by atoms with Crippen LogP contribution in [0.4, 0.5) is 0 Å². The van der Waals surface area contributed by atoms with E-state index in [2.05, 4.69) is 20.4 Å². The van der Waals surface area contributed by atoms with Crippen LogP contribution in [0.15, 0.2) is 36.5 Å². The lowest BCUT2D eigenvalue weighted by Gasteiger charge is -2.13. The van der Waals surface area contributed by atoms with Gasteiger partial charge in [0, 0.05) is 18.3 Å². The molecule has 0 fully saturated rings. The van der Waals surface area contributed by atoms with Gasteiger partial charge in [-0.3, -0.25) is 9.48 Å². The molecule has 0 bridgehead atoms. The van der Waals surface area contributed by atoms with Crippen LogP contribution < -0.4 is 5.32 Å². The van der Waals surface area contributed by atoms with E-state index in [9.17, 15) is 9.90 Å². The maximum Gasteiger partial charge on any atom is 0.269 e. The Morgan fingerprint density at radius 3 is 2.88 bits per heavy atom. The number of fused-ring (bicyclic) bond motifs is 1. The average Bonchev–Trinajstić information content (AvgIpc) is 3.01. The van der Waals surface area contributed by atoms with Crippen LogP contribution in [0.2, 0.25) is 5.02 Å². The van der Waals surface area contributed by atoms with Gasteiger partial charge in [-0.15, -0.1) is 0 Å². The quantitative estimate of drug-likeness (QED) is 0.744. The number of aromatic hydroxyl groups is 1. The second-order valence-electron chi connectivity index (χ2n) is 5.32. The zero-order valence-electron chi connectivity index (χ0n) is 12.4. The molecule has 0 aliphatic carbocycles. The zero-order chi connectivity index (χ0) is 16.7. The minimum absolute atomic E-state index is 0.0766. The molecule has 120 valence electrons. The van der Waals surface area contributed by atoms with Gasteiger partial charge in [0.1, 0.15) is 17.1 Å². The van der Waals surface area contributed by atoms with Crippen LogP contribution in [0, 0.1) is 0 Å². The lowest BCUT2D eigenvalue weighted by Crippen LogP contribution is -2.35. The van der Waals surface area contributed by atoms with E-state index in [1.54, 1.807) is 29.1 Å². The lowest BCUT2D eigenvalue weighted by atomic mass is 10.2. The fourth-order valence-corrected chi connectivity index (χ4v) is 2.84. The number of carbonyl (C=O) groups excluding carboxylic acids is 1. The Bertz CT molecular complexity index is 953. The molecule has 2 N–H and O–H groups in total. The molecule has 3 heterocycles. The first-order valence-corrected chi connectivity index (χ1v) is 7.68. The maximum atomic E-state index is 11.8. The van der Waals surface area contributed by atoms with Crippen LogP contribution >= 0.6 is 11.6 Å². The summed E-state index contributed by atoms with van der Waals surface area (Å²) < 4.78 is 1.67. The summed E-state index contributed by atoms with van der Waals surface area (Å²) in [7, 11) is 0. The Balaban J connectivity index is 1.77. The normalized spacial score (nSPS) is 13.5. The Kier molecular flexibility index (Phi) is 3.42. The predicted molar refractivity (Wildman–Crippen MR) is 87.7 cm³/mol. The minimum atomic E-state index is -0.143. The van der Waals surface area contributed by atoms with Crippen molar-refractivity contribution >= 4 is 17.5 Å². The van der Waals surface area contributed by atoms with Crippen molar-refractivity contribution in [2.24, 2.45) is 0 Å². The third-order valence-electron chi connectivity index (χ3n) is 3.73. The second-order valence-corrected chi connectivity index (χ2v) is 5.73. The van der Waals surface area contributed by atoms with E-state index in [1.807, 2.05) is 0 Å². The fraction of sp³-hybridized carbons (Fsp3) is 0.125. The second kappa shape index (κ2) is 5.61. The van der Waals surface area contributed by atoms with Gasteiger partial charge < -0.3 is 10.4 Å². The summed E-state index contributed by atoms with van der Waals surface area (Å²) >= 11 is 6.15. The highest BCUT2D eigenvalue weighted by molar-refractivity contribution is 6.33. The number of phenols is 1. The Hall–Kier alpha value is -2.93. The molecule has 2 aromatic heterocycles. The van der Waals surface area contributed by atoms with Crippen molar-refractivity contribution in [3.05, 3.63) is 47.2 Å². The van der Waals surface area contributed by atoms with Crippen molar-refractivity contribution in [3.63, 3.8) is 0 Å². The highest BCUT2D eigenvalue weighted by Gasteiger charge is 2.20. The zero-order valence-corrected chi connectivity index (χ0v) is 13.2. The molecule has 8 heteroatoms. The molecule has 4 rings (SSSR count). The summed E-state index contributed by atoms with van der Waals surface area (Å²) in [4.78, 5) is 20.6. The molecule has 0 saturated carbocycles. The van der Waals surface area contributed by atoms with E-state index in [4.69, 9.17) is 11.6 Å². The van der Waals surface area contributed by atoms with Crippen molar-refractivity contribution in [1.82, 2.24) is 25.1 Å². The number of aromatic nitrogens is 4. The van der Waals surface area contributed by atoms with Crippen LogP contribution in [-0.2, 0) is 6.54 Å². The minimum Gasteiger partial charge on any atom is -0.508 e. The smallest absolute Gasteiger partial charge is 0.269 e. The number of benzene rings is 1. The van der Waals surface area contributed by atoms with Crippen molar-refractivity contribution in [3.8, 4) is 28.5 Å². The summed E-state index contributed by atoms with van der Waals surface area (Å²) in [6.45, 7) is 1.19. The fourth-order valence-electron chi connectivity index (χ4n) is 2.58. The largest absolute Gasteiger partial charge is 0.508 e. The maximum absolute atomic E-state index is 11.8. The summed E-state index contributed by atoms with van der Waals surface area (Å²) in [5.41, 5.74) is 2.32. The number of nitrogens with one attached hydrogen (secondary N) is 1. The van der Waals surface area contributed by atoms with Gasteiger partial charge in [0.05, 0.1) is 17.3 Å². The van der Waals surface area contributed by atoms with Crippen molar-refractivity contribution in [1.29, 1.82) is 0 Å². The molecule has 3 aromatic rings. The van der Waals surface area contributed by atoms with Crippen LogP contribution in [0.3, 0.4) is 0 Å². The molecule has 0 atom stereocenters. The predicted octanol–water partition coefficient (Wildman–Crippen LogP) is 2.11. The van der Waals surface area contributed by atoms with Gasteiger partial charge in [-0.2, -0.15) is 5.10 Å². The topological polar surface area (TPSA) is 92.9 Å². The van der Waals surface area contributed by atoms with E-state index in [0.29, 0.717) is 46.6 Å². The van der Waals surface area contributed by atoms with Crippen molar-refractivity contribution in [2.75, 3.05) is 6.54 Å². The number of phenolic OH excluding ortho intramolecular Hbond substituents is 1. The monoisotopic (exact) mass is 341 g/mol. The van der Waals surface area contributed by atoms with E-state index in [1.165, 1.54) is 12.1 Å². The molecule has 0 unspecified atom stereocenters. The van der Waals surface area contributed by atoms with Gasteiger partial charge in [-0.25, -0.2) is 9.97 Å². The summed E-state index contributed by atoms with van der Waals surface area (Å²) in [5, 5.41) is 17.0. The number of nitrogens with zero attached hydrogens (tertiary/aromatic N) is 4. The molecule has 0 radical (unpaired) electrons. The SMILES string of the molecule is O=C1NCCn2nc(-c3ccnc(-c4ccc(O)cc4Cl)n3)cc21. The number of hydrogen-bond acceptors (Lipinski definition) is 5. The molecular formula is C16H12ClN5O2. The van der Waals surface area contributed by atoms with Gasteiger partial charge in [-0.05, 0) is 30.3 Å². The molecule has 1 aliphatic rings. The first-order valence-electron chi connectivity index (χ1n) is 7.30. The summed E-state index contributed by atoms with van der Waals surface area (Å²) in [5.74, 6) is 0.358. The van der Waals surface area contributed by atoms with E-state index in [0.717, 1.165) is 0 Å². The Labute approximate surface area is 141 Å². The van der Waals surface area contributed by atoms with Gasteiger partial charge in [0.25, 0.3) is 5.91 Å². The third kappa shape index (κ3) is 2.48. The molecule has 1 amide bonds. The van der Waals surface area contributed by atoms with Crippen LogP contribution in [0.5, 0.6) is 5.75 Å². The molecule has 0 saturated heterocycles. The highest BCUT2D eigenvalue weighted by Crippen LogP contribution is 2.29. The Morgan fingerprint density at radius 1 is 1.21 bits per heavy atom. The van der Waals surface area contributed by atoms with Gasteiger partial charge in [0.15, 0.2) is 5.82 Å². The van der Waals surface area contributed by atoms with E-state index in [-0.39, 0.29) is 11.7 Å². The van der Waals surface area contributed by atoms with Gasteiger partial charge in [-0.1, -0.05) is 11.6 Å². The lowest BCUT2D eigenvalue weighted by molar-refractivity contribution is 0.0924. The molecule has 1 aliphatic heterocycles. The first kappa shape index (κ1) is 14.6. The standard InChI is InChI=1S/C16H12ClN5O2/c17-11-7-9(23)1-2-10(11)15-18-4-3-12(20-15)13-8-14-16(24)19-5-6-22(14)21-13/h1-4,7-8,23H,5-6H2,(H,19,24). The number of halogens is 1. The van der Waals surface area contributed by atoms with Gasteiger partial charge in [0.2, 0.25) is 0 Å². The van der Waals surface area contributed by atoms with Crippen molar-refractivity contribution in [2.45, 2.75) is 6.54 Å². The molecule has 1 aromatic carbocycles. The van der Waals surface area contributed by atoms with Crippen LogP contribution in [0.25, 0.3) is 22.8 Å². The first-order chi connectivity index (χ1) is 11.6. The molecule has 7 nitrogen and oxygen atoms in total. The van der Waals surface area contributed by atoms with E-state index < -0.39 is 0 Å².